The second-order valence-electron chi connectivity index (χ2n) is 8.21. The lowest BCUT2D eigenvalue weighted by molar-refractivity contribution is -0.128. The molecule has 10 heteroatoms. The van der Waals surface area contributed by atoms with Crippen molar-refractivity contribution in [1.29, 1.82) is 0 Å². The van der Waals surface area contributed by atoms with E-state index in [0.29, 0.717) is 57.1 Å². The maximum atomic E-state index is 12.7. The number of ether oxygens (including phenoxy) is 2. The molecule has 4 rings (SSSR count). The molecular formula is C24H29N3O6S. The quantitative estimate of drug-likeness (QED) is 0.539. The van der Waals surface area contributed by atoms with Gasteiger partial charge in [-0.25, -0.2) is 8.42 Å². The third-order valence-electron chi connectivity index (χ3n) is 5.85. The van der Waals surface area contributed by atoms with Crippen LogP contribution in [0.25, 0.3) is 0 Å². The second kappa shape index (κ2) is 11.0. The fraction of sp³-hybridized carbons (Fsp3) is 0.417. The Morgan fingerprint density at radius 2 is 1.71 bits per heavy atom. The van der Waals surface area contributed by atoms with Gasteiger partial charge >= 0.3 is 0 Å². The summed E-state index contributed by atoms with van der Waals surface area (Å²) in [5.74, 6) is 0.491. The molecule has 2 heterocycles. The molecule has 0 radical (unpaired) electrons. The van der Waals surface area contributed by atoms with Crippen molar-refractivity contribution in [3.63, 3.8) is 0 Å². The van der Waals surface area contributed by atoms with Crippen molar-refractivity contribution in [2.75, 3.05) is 46.0 Å². The standard InChI is InChI=1S/C24H29N3O6S/c28-23-2-1-12-26(23)18-19-3-5-20(6-4-19)24(29)25-11-15-33-21-7-9-22(10-8-21)34(30,31)27-13-16-32-17-14-27/h3-10H,1-2,11-18H2,(H,25,29). The average Bonchev–Trinajstić information content (AvgIpc) is 3.27. The molecule has 0 spiro atoms. The zero-order valence-corrected chi connectivity index (χ0v) is 19.8. The minimum atomic E-state index is -3.54. The first-order valence-corrected chi connectivity index (χ1v) is 12.8. The largest absolute Gasteiger partial charge is 0.492 e. The zero-order chi connectivity index (χ0) is 24.0. The third kappa shape index (κ3) is 5.94. The van der Waals surface area contributed by atoms with E-state index in [-0.39, 0.29) is 23.3 Å². The molecule has 0 atom stereocenters. The first-order valence-electron chi connectivity index (χ1n) is 11.4. The van der Waals surface area contributed by atoms with E-state index in [0.717, 1.165) is 18.5 Å². The van der Waals surface area contributed by atoms with Crippen LogP contribution in [0, 0.1) is 0 Å². The first kappa shape index (κ1) is 24.2. The van der Waals surface area contributed by atoms with Gasteiger partial charge in [-0.2, -0.15) is 4.31 Å². The number of sulfonamides is 1. The van der Waals surface area contributed by atoms with Crippen LogP contribution in [0.1, 0.15) is 28.8 Å². The number of nitrogens with one attached hydrogen (secondary N) is 1. The minimum Gasteiger partial charge on any atom is -0.492 e. The van der Waals surface area contributed by atoms with Gasteiger partial charge in [0.05, 0.1) is 24.7 Å². The predicted octanol–water partition coefficient (Wildman–Crippen LogP) is 1.64. The van der Waals surface area contributed by atoms with Crippen LogP contribution < -0.4 is 10.1 Å². The Bertz CT molecular complexity index is 1100. The second-order valence-corrected chi connectivity index (χ2v) is 10.1. The number of nitrogens with zero attached hydrogens (tertiary/aromatic N) is 2. The number of likely N-dealkylation sites (tertiary alicyclic amines) is 1. The van der Waals surface area contributed by atoms with Crippen LogP contribution in [0.5, 0.6) is 5.75 Å². The van der Waals surface area contributed by atoms with E-state index in [1.807, 2.05) is 17.0 Å². The van der Waals surface area contributed by atoms with Crippen molar-refractivity contribution in [2.45, 2.75) is 24.3 Å². The highest BCUT2D eigenvalue weighted by Crippen LogP contribution is 2.20. The van der Waals surface area contributed by atoms with Crippen LogP contribution in [-0.4, -0.2) is 75.4 Å². The van der Waals surface area contributed by atoms with Gasteiger partial charge in [0.1, 0.15) is 12.4 Å². The highest BCUT2D eigenvalue weighted by molar-refractivity contribution is 7.89. The number of hydrogen-bond donors (Lipinski definition) is 1. The van der Waals surface area contributed by atoms with E-state index in [4.69, 9.17) is 9.47 Å². The van der Waals surface area contributed by atoms with Crippen LogP contribution >= 0.6 is 0 Å². The van der Waals surface area contributed by atoms with Crippen LogP contribution in [-0.2, 0) is 26.1 Å². The Morgan fingerprint density at radius 1 is 1.00 bits per heavy atom. The molecule has 0 saturated carbocycles. The third-order valence-corrected chi connectivity index (χ3v) is 7.76. The average molecular weight is 488 g/mol. The molecule has 2 aliphatic heterocycles. The summed E-state index contributed by atoms with van der Waals surface area (Å²) >= 11 is 0. The summed E-state index contributed by atoms with van der Waals surface area (Å²) < 4.78 is 37.6. The molecule has 0 bridgehead atoms. The summed E-state index contributed by atoms with van der Waals surface area (Å²) in [5, 5.41) is 2.80. The van der Waals surface area contributed by atoms with Gasteiger partial charge in [0.25, 0.3) is 5.91 Å². The molecule has 2 fully saturated rings. The fourth-order valence-corrected chi connectivity index (χ4v) is 5.34. The van der Waals surface area contributed by atoms with Gasteiger partial charge in [-0.15, -0.1) is 0 Å². The van der Waals surface area contributed by atoms with Crippen molar-refractivity contribution in [1.82, 2.24) is 14.5 Å². The molecule has 34 heavy (non-hydrogen) atoms. The zero-order valence-electron chi connectivity index (χ0n) is 18.9. The van der Waals surface area contributed by atoms with E-state index < -0.39 is 10.0 Å². The smallest absolute Gasteiger partial charge is 0.251 e. The summed E-state index contributed by atoms with van der Waals surface area (Å²) in [6.07, 6.45) is 1.51. The van der Waals surface area contributed by atoms with Crippen molar-refractivity contribution >= 4 is 21.8 Å². The van der Waals surface area contributed by atoms with Crippen LogP contribution in [0.3, 0.4) is 0 Å². The molecule has 2 saturated heterocycles. The van der Waals surface area contributed by atoms with Gasteiger partial charge in [-0.05, 0) is 48.4 Å². The van der Waals surface area contributed by atoms with Gasteiger partial charge in [0.2, 0.25) is 15.9 Å². The Morgan fingerprint density at radius 3 is 2.35 bits per heavy atom. The molecule has 2 aromatic carbocycles. The monoisotopic (exact) mass is 487 g/mol. The van der Waals surface area contributed by atoms with E-state index >= 15 is 0 Å². The molecular weight excluding hydrogens is 458 g/mol. The number of amides is 2. The highest BCUT2D eigenvalue weighted by Gasteiger charge is 2.26. The van der Waals surface area contributed by atoms with Crippen molar-refractivity contribution in [3.8, 4) is 5.75 Å². The summed E-state index contributed by atoms with van der Waals surface area (Å²) in [6.45, 7) is 3.40. The molecule has 2 aliphatic rings. The Labute approximate surface area is 199 Å². The Balaban J connectivity index is 1.21. The Kier molecular flexibility index (Phi) is 7.81. The van der Waals surface area contributed by atoms with Gasteiger partial charge in [-0.1, -0.05) is 12.1 Å². The fourth-order valence-electron chi connectivity index (χ4n) is 3.93. The molecule has 0 aliphatic carbocycles. The van der Waals surface area contributed by atoms with E-state index in [2.05, 4.69) is 5.32 Å². The first-order chi connectivity index (χ1) is 16.4. The lowest BCUT2D eigenvalue weighted by Crippen LogP contribution is -2.40. The Hall–Kier alpha value is -2.95. The minimum absolute atomic E-state index is 0.176. The summed E-state index contributed by atoms with van der Waals surface area (Å²) in [4.78, 5) is 26.1. The summed E-state index contributed by atoms with van der Waals surface area (Å²) in [6, 6.07) is 13.5. The molecule has 1 N–H and O–H groups in total. The highest BCUT2D eigenvalue weighted by atomic mass is 32.2. The maximum Gasteiger partial charge on any atom is 0.251 e. The predicted molar refractivity (Wildman–Crippen MR) is 125 cm³/mol. The molecule has 0 unspecified atom stereocenters. The van der Waals surface area contributed by atoms with Gasteiger partial charge in [0.15, 0.2) is 0 Å². The van der Waals surface area contributed by atoms with Crippen LogP contribution in [0.15, 0.2) is 53.4 Å². The number of carbonyl (C=O) groups excluding carboxylic acids is 2. The number of rotatable bonds is 9. The summed E-state index contributed by atoms with van der Waals surface area (Å²) in [7, 11) is -3.54. The van der Waals surface area contributed by atoms with E-state index in [1.54, 1.807) is 24.3 Å². The van der Waals surface area contributed by atoms with Gasteiger partial charge in [0, 0.05) is 38.2 Å². The molecule has 182 valence electrons. The van der Waals surface area contributed by atoms with E-state index in [1.165, 1.54) is 16.4 Å². The molecule has 2 amide bonds. The number of morpholine rings is 1. The molecule has 9 nitrogen and oxygen atoms in total. The van der Waals surface area contributed by atoms with Gasteiger partial charge in [-0.3, -0.25) is 9.59 Å². The number of hydrogen-bond acceptors (Lipinski definition) is 6. The normalized spacial score (nSPS) is 17.1. The van der Waals surface area contributed by atoms with Gasteiger partial charge < -0.3 is 19.7 Å². The van der Waals surface area contributed by atoms with Crippen molar-refractivity contribution in [3.05, 3.63) is 59.7 Å². The molecule has 2 aromatic rings. The van der Waals surface area contributed by atoms with Crippen molar-refractivity contribution in [2.24, 2.45) is 0 Å². The SMILES string of the molecule is O=C(NCCOc1ccc(S(=O)(=O)N2CCOCC2)cc1)c1ccc(CN2CCCC2=O)cc1. The lowest BCUT2D eigenvalue weighted by Gasteiger charge is -2.26. The van der Waals surface area contributed by atoms with Crippen LogP contribution in [0.4, 0.5) is 0 Å². The topological polar surface area (TPSA) is 105 Å². The summed E-state index contributed by atoms with van der Waals surface area (Å²) in [5.41, 5.74) is 1.53. The number of carbonyl (C=O) groups is 2. The lowest BCUT2D eigenvalue weighted by atomic mass is 10.1. The number of benzene rings is 2. The maximum absolute atomic E-state index is 12.7. The van der Waals surface area contributed by atoms with Crippen molar-refractivity contribution < 1.29 is 27.5 Å². The van der Waals surface area contributed by atoms with E-state index in [9.17, 15) is 18.0 Å². The molecule has 0 aromatic heterocycles. The van der Waals surface area contributed by atoms with Crippen LogP contribution in [0.2, 0.25) is 0 Å².